The van der Waals surface area contributed by atoms with Gasteiger partial charge in [0.2, 0.25) is 5.88 Å². The van der Waals surface area contributed by atoms with Crippen LogP contribution in [0.1, 0.15) is 0 Å². The molecule has 7 heteroatoms. The molecule has 0 saturated heterocycles. The third kappa shape index (κ3) is 4.70. The number of pyridine rings is 2. The maximum absolute atomic E-state index is 11.9. The Morgan fingerprint density at radius 2 is 1.69 bits per heavy atom. The molecule has 4 rings (SSSR count). The summed E-state index contributed by atoms with van der Waals surface area (Å²) < 4.78 is 30.0. The third-order valence-electron chi connectivity index (χ3n) is 4.45. The number of hydrogen-bond acceptors (Lipinski definition) is 5. The number of nitrogens with zero attached hydrogens (tertiary/aromatic N) is 3. The van der Waals surface area contributed by atoms with E-state index in [0.717, 1.165) is 27.6 Å². The van der Waals surface area contributed by atoms with E-state index in [0.29, 0.717) is 32.3 Å². The quantitative estimate of drug-likeness (QED) is 0.381. The van der Waals surface area contributed by atoms with Gasteiger partial charge >= 0.3 is 0 Å². The van der Waals surface area contributed by atoms with E-state index in [2.05, 4.69) is 11.1 Å². The van der Waals surface area contributed by atoms with Gasteiger partial charge in [0.25, 0.3) is 0 Å². The Morgan fingerprint density at radius 3 is 2.59 bits per heavy atom. The average Bonchev–Trinajstić information content (AvgIpc) is 3.18. The maximum Gasteiger partial charge on any atom is 0.215 e. The summed E-state index contributed by atoms with van der Waals surface area (Å²) in [6.07, 6.45) is 3.77. The molecule has 4 aromatic rings. The van der Waals surface area contributed by atoms with Gasteiger partial charge in [-0.3, -0.25) is 0 Å². The summed E-state index contributed by atoms with van der Waals surface area (Å²) in [5, 5.41) is 2.11. The number of alkyl halides is 1. The summed E-state index contributed by atoms with van der Waals surface area (Å²) in [6, 6.07) is 16.0. The van der Waals surface area contributed by atoms with Crippen LogP contribution >= 0.6 is 0 Å². The van der Waals surface area contributed by atoms with Crippen molar-refractivity contribution in [2.24, 2.45) is 0 Å². The number of fused-ring (bicyclic) bond motifs is 2. The maximum atomic E-state index is 11.9. The Kier molecular flexibility index (Phi) is 6.29. The van der Waals surface area contributed by atoms with Crippen molar-refractivity contribution < 1.29 is 18.6 Å². The van der Waals surface area contributed by atoms with E-state index in [-0.39, 0.29) is 6.61 Å². The second kappa shape index (κ2) is 9.45. The Hall–Kier alpha value is -3.03. The van der Waals surface area contributed by atoms with Gasteiger partial charge in [0.05, 0.1) is 37.5 Å². The van der Waals surface area contributed by atoms with Crippen molar-refractivity contribution in [1.82, 2.24) is 14.5 Å². The van der Waals surface area contributed by atoms with Gasteiger partial charge < -0.3 is 18.8 Å². The van der Waals surface area contributed by atoms with Crippen LogP contribution in [0.4, 0.5) is 4.39 Å². The van der Waals surface area contributed by atoms with Gasteiger partial charge in [0.15, 0.2) is 0 Å². The van der Waals surface area contributed by atoms with Crippen LogP contribution in [0.2, 0.25) is 0 Å². The van der Waals surface area contributed by atoms with Crippen molar-refractivity contribution in [1.29, 1.82) is 0 Å². The number of para-hydroxylation sites is 1. The lowest BCUT2D eigenvalue weighted by molar-refractivity contribution is 0.0320. The van der Waals surface area contributed by atoms with Crippen molar-refractivity contribution in [2.75, 3.05) is 39.7 Å². The molecule has 0 unspecified atom stereocenters. The number of benzene rings is 1. The monoisotopic (exact) mass is 395 g/mol. The van der Waals surface area contributed by atoms with Gasteiger partial charge in [0.1, 0.15) is 19.1 Å². The van der Waals surface area contributed by atoms with Crippen LogP contribution in [-0.4, -0.2) is 54.2 Å². The molecular weight excluding hydrogens is 373 g/mol. The lowest BCUT2D eigenvalue weighted by Gasteiger charge is -2.09. The molecule has 0 aliphatic carbocycles. The SMILES string of the molecule is FCCOCCOCCOc1cc2c(ccn2-c2ccc3ccccc3n2)cn1. The lowest BCUT2D eigenvalue weighted by atomic mass is 10.2. The molecule has 6 nitrogen and oxygen atoms in total. The van der Waals surface area contributed by atoms with Gasteiger partial charge in [-0.25, -0.2) is 14.4 Å². The predicted molar refractivity (Wildman–Crippen MR) is 109 cm³/mol. The molecule has 0 saturated carbocycles. The summed E-state index contributed by atoms with van der Waals surface area (Å²) in [7, 11) is 0. The fourth-order valence-corrected chi connectivity index (χ4v) is 3.06. The Balaban J connectivity index is 1.42. The van der Waals surface area contributed by atoms with E-state index in [4.69, 9.17) is 19.2 Å². The summed E-state index contributed by atoms with van der Waals surface area (Å²) in [5.41, 5.74) is 1.92. The first-order valence-electron chi connectivity index (χ1n) is 9.53. The molecule has 0 amide bonds. The van der Waals surface area contributed by atoms with E-state index in [1.54, 1.807) is 6.20 Å². The summed E-state index contributed by atoms with van der Waals surface area (Å²) in [6.45, 7) is 1.19. The van der Waals surface area contributed by atoms with Crippen LogP contribution < -0.4 is 4.74 Å². The molecule has 0 radical (unpaired) electrons. The molecule has 0 fully saturated rings. The average molecular weight is 395 g/mol. The van der Waals surface area contributed by atoms with E-state index < -0.39 is 6.67 Å². The highest BCUT2D eigenvalue weighted by molar-refractivity contribution is 5.83. The van der Waals surface area contributed by atoms with E-state index >= 15 is 0 Å². The Labute approximate surface area is 167 Å². The van der Waals surface area contributed by atoms with Crippen LogP contribution in [-0.2, 0) is 9.47 Å². The Morgan fingerprint density at radius 1 is 0.862 bits per heavy atom. The molecule has 0 aliphatic rings. The van der Waals surface area contributed by atoms with E-state index in [1.165, 1.54) is 0 Å². The molecule has 0 atom stereocenters. The molecule has 29 heavy (non-hydrogen) atoms. The van der Waals surface area contributed by atoms with Gasteiger partial charge in [0, 0.05) is 29.2 Å². The third-order valence-corrected chi connectivity index (χ3v) is 4.45. The second-order valence-electron chi connectivity index (χ2n) is 6.39. The number of aromatic nitrogens is 3. The summed E-state index contributed by atoms with van der Waals surface area (Å²) in [5.74, 6) is 1.36. The first-order chi connectivity index (χ1) is 14.3. The predicted octanol–water partition coefficient (Wildman–Crippen LogP) is 3.96. The van der Waals surface area contributed by atoms with E-state index in [9.17, 15) is 4.39 Å². The standard InChI is InChI=1S/C22H22FN3O3/c23-8-10-27-11-12-28-13-14-29-22-15-20-18(16-24-22)7-9-26(20)21-6-5-17-3-1-2-4-19(17)25-21/h1-7,9,15-16H,8,10-14H2. The van der Waals surface area contributed by atoms with Crippen LogP contribution in [0.15, 0.2) is 60.9 Å². The molecular formula is C22H22FN3O3. The zero-order valence-corrected chi connectivity index (χ0v) is 16.0. The number of ether oxygens (including phenoxy) is 3. The van der Waals surface area contributed by atoms with Crippen LogP contribution in [0, 0.1) is 0 Å². The topological polar surface area (TPSA) is 58.4 Å². The zero-order chi connectivity index (χ0) is 19.9. The van der Waals surface area contributed by atoms with Gasteiger partial charge in [-0.1, -0.05) is 18.2 Å². The first kappa shape index (κ1) is 19.3. The van der Waals surface area contributed by atoms with Crippen LogP contribution in [0.5, 0.6) is 5.88 Å². The number of hydrogen-bond donors (Lipinski definition) is 0. The van der Waals surface area contributed by atoms with Crippen LogP contribution in [0.3, 0.4) is 0 Å². The Bertz CT molecular complexity index is 1080. The van der Waals surface area contributed by atoms with Crippen molar-refractivity contribution in [3.05, 3.63) is 60.9 Å². The first-order valence-corrected chi connectivity index (χ1v) is 9.53. The molecule has 3 heterocycles. The van der Waals surface area contributed by atoms with Gasteiger partial charge in [-0.15, -0.1) is 0 Å². The molecule has 3 aromatic heterocycles. The van der Waals surface area contributed by atoms with Crippen molar-refractivity contribution in [3.8, 4) is 11.7 Å². The molecule has 0 bridgehead atoms. The fraction of sp³-hybridized carbons (Fsp3) is 0.273. The normalized spacial score (nSPS) is 11.3. The molecule has 0 N–H and O–H groups in total. The molecule has 150 valence electrons. The fourth-order valence-electron chi connectivity index (χ4n) is 3.06. The highest BCUT2D eigenvalue weighted by atomic mass is 19.1. The highest BCUT2D eigenvalue weighted by Crippen LogP contribution is 2.23. The lowest BCUT2D eigenvalue weighted by Crippen LogP contribution is -2.11. The molecule has 1 aromatic carbocycles. The zero-order valence-electron chi connectivity index (χ0n) is 16.0. The van der Waals surface area contributed by atoms with Crippen LogP contribution in [0.25, 0.3) is 27.6 Å². The minimum atomic E-state index is -0.478. The molecule has 0 spiro atoms. The smallest absolute Gasteiger partial charge is 0.215 e. The van der Waals surface area contributed by atoms with Gasteiger partial charge in [-0.2, -0.15) is 0 Å². The molecule has 0 aliphatic heterocycles. The number of rotatable bonds is 10. The van der Waals surface area contributed by atoms with Crippen molar-refractivity contribution >= 4 is 21.8 Å². The minimum Gasteiger partial charge on any atom is -0.475 e. The van der Waals surface area contributed by atoms with Gasteiger partial charge in [-0.05, 0) is 24.3 Å². The van der Waals surface area contributed by atoms with Crippen molar-refractivity contribution in [2.45, 2.75) is 0 Å². The highest BCUT2D eigenvalue weighted by Gasteiger charge is 2.08. The minimum absolute atomic E-state index is 0.107. The summed E-state index contributed by atoms with van der Waals surface area (Å²) in [4.78, 5) is 9.11. The van der Waals surface area contributed by atoms with Crippen molar-refractivity contribution in [3.63, 3.8) is 0 Å². The second-order valence-corrected chi connectivity index (χ2v) is 6.39. The van der Waals surface area contributed by atoms with E-state index in [1.807, 2.05) is 53.2 Å². The summed E-state index contributed by atoms with van der Waals surface area (Å²) >= 11 is 0. The number of halogens is 1. The largest absolute Gasteiger partial charge is 0.475 e.